The van der Waals surface area contributed by atoms with Crippen molar-refractivity contribution >= 4 is 63.5 Å². The summed E-state index contributed by atoms with van der Waals surface area (Å²) in [5.41, 5.74) is 3.95. The van der Waals surface area contributed by atoms with E-state index < -0.39 is 46.6 Å². The van der Waals surface area contributed by atoms with Crippen LogP contribution in [0.4, 0.5) is 5.13 Å². The number of rotatable bonds is 16. The van der Waals surface area contributed by atoms with Crippen LogP contribution in [0.2, 0.25) is 0 Å². The van der Waals surface area contributed by atoms with Crippen molar-refractivity contribution in [1.29, 1.82) is 0 Å². The number of oxime groups is 1. The van der Waals surface area contributed by atoms with Gasteiger partial charge in [0.2, 0.25) is 0 Å². The van der Waals surface area contributed by atoms with Crippen LogP contribution >= 0.6 is 34.9 Å². The number of aromatic nitrogens is 1. The van der Waals surface area contributed by atoms with Crippen molar-refractivity contribution in [2.75, 3.05) is 30.5 Å². The first-order valence-corrected chi connectivity index (χ1v) is 24.3. The van der Waals surface area contributed by atoms with Crippen LogP contribution in [-0.4, -0.2) is 81.9 Å². The number of nitrogens with one attached hydrogen (secondary N) is 2. The number of ether oxygens (including phenoxy) is 3. The number of β-lactam (4-membered cyclic amide) rings is 1. The average molecular weight is 938 g/mol. The lowest BCUT2D eigenvalue weighted by atomic mass is 9.77. The quantitative estimate of drug-likeness (QED) is 0.0317. The number of amides is 2. The Bertz CT molecular complexity index is 2590. The minimum absolute atomic E-state index is 0.111. The van der Waals surface area contributed by atoms with Gasteiger partial charge < -0.3 is 29.7 Å². The van der Waals surface area contributed by atoms with E-state index in [1.54, 1.807) is 5.38 Å². The fraction of sp³-hybridized carbons (Fsp3) is 0.235. The van der Waals surface area contributed by atoms with Crippen LogP contribution in [0.5, 0.6) is 0 Å². The van der Waals surface area contributed by atoms with Gasteiger partial charge in [-0.25, -0.2) is 9.78 Å². The summed E-state index contributed by atoms with van der Waals surface area (Å²) >= 11 is 4.21. The van der Waals surface area contributed by atoms with Gasteiger partial charge in [-0.05, 0) is 41.7 Å². The summed E-state index contributed by atoms with van der Waals surface area (Å²) < 4.78 is 18.2. The number of benzene rings is 5. The molecule has 2 N–H and O–H groups in total. The molecule has 2 fully saturated rings. The minimum atomic E-state index is -0.983. The molecule has 3 aliphatic rings. The minimum Gasteiger partial charge on any atom is -0.448 e. The van der Waals surface area contributed by atoms with Crippen LogP contribution in [0.1, 0.15) is 53.5 Å². The predicted octanol–water partition coefficient (Wildman–Crippen LogP) is 8.73. The smallest absolute Gasteiger partial charge is 0.356 e. The fourth-order valence-corrected chi connectivity index (χ4v) is 11.7. The number of esters is 1. The zero-order valence-corrected chi connectivity index (χ0v) is 38.8. The number of hydrogen-bond acceptors (Lipinski definition) is 13. The lowest BCUT2D eigenvalue weighted by molar-refractivity contribution is -0.154. The van der Waals surface area contributed by atoms with Crippen LogP contribution in [0.3, 0.4) is 0 Å². The van der Waals surface area contributed by atoms with Crippen molar-refractivity contribution in [2.24, 2.45) is 5.16 Å². The Kier molecular flexibility index (Phi) is 13.4. The first-order chi connectivity index (χ1) is 32.1. The van der Waals surface area contributed by atoms with Gasteiger partial charge in [0.25, 0.3) is 11.8 Å². The molecular weight excluding hydrogens is 891 g/mol. The van der Waals surface area contributed by atoms with Crippen LogP contribution in [0.25, 0.3) is 0 Å². The number of carbonyl (C=O) groups excluding carboxylic acids is 3. The lowest BCUT2D eigenvalue weighted by Gasteiger charge is -2.49. The first kappa shape index (κ1) is 44.9. The van der Waals surface area contributed by atoms with Gasteiger partial charge in [-0.15, -0.1) is 34.9 Å². The number of fused-ring (bicyclic) bond motifs is 1. The summed E-state index contributed by atoms with van der Waals surface area (Å²) in [7, 11) is 1.35. The summed E-state index contributed by atoms with van der Waals surface area (Å²) in [6.07, 6.45) is -0.959. The second kappa shape index (κ2) is 19.7. The third kappa shape index (κ3) is 9.26. The molecule has 3 aliphatic heterocycles. The van der Waals surface area contributed by atoms with E-state index in [0.29, 0.717) is 28.1 Å². The van der Waals surface area contributed by atoms with E-state index in [1.807, 2.05) is 129 Å². The average Bonchev–Trinajstić information content (AvgIpc) is 3.98. The second-order valence-electron chi connectivity index (χ2n) is 16.1. The molecule has 1 aromatic heterocycles. The highest BCUT2D eigenvalue weighted by Crippen LogP contribution is 2.46. The van der Waals surface area contributed by atoms with Crippen LogP contribution < -0.4 is 10.6 Å². The number of nitrogens with zero attached hydrogens (tertiary/aromatic N) is 3. The number of thiazole rings is 1. The Morgan fingerprint density at radius 1 is 0.864 bits per heavy atom. The van der Waals surface area contributed by atoms with Gasteiger partial charge in [0.1, 0.15) is 35.5 Å². The van der Waals surface area contributed by atoms with E-state index in [4.69, 9.17) is 24.0 Å². The van der Waals surface area contributed by atoms with E-state index in [1.165, 1.54) is 46.9 Å². The van der Waals surface area contributed by atoms with Gasteiger partial charge in [-0.1, -0.05) is 157 Å². The molecule has 4 heterocycles. The molecule has 12 nitrogen and oxygen atoms in total. The van der Waals surface area contributed by atoms with Crippen LogP contribution in [0, 0.1) is 0 Å². The maximum Gasteiger partial charge on any atom is 0.356 e. The topological polar surface area (TPSA) is 141 Å². The maximum absolute atomic E-state index is 14.6. The largest absolute Gasteiger partial charge is 0.448 e. The summed E-state index contributed by atoms with van der Waals surface area (Å²) in [6, 6.07) is 48.4. The summed E-state index contributed by atoms with van der Waals surface area (Å²) in [6.45, 7) is 4.13. The highest BCUT2D eigenvalue weighted by atomic mass is 32.2. The zero-order valence-electron chi connectivity index (χ0n) is 36.4. The number of anilines is 1. The molecule has 2 amide bonds. The van der Waals surface area contributed by atoms with Crippen molar-refractivity contribution in [3.63, 3.8) is 0 Å². The third-order valence-corrected chi connectivity index (χ3v) is 14.9. The molecule has 336 valence electrons. The van der Waals surface area contributed by atoms with Crippen molar-refractivity contribution in [3.8, 4) is 0 Å². The molecule has 0 saturated carbocycles. The Labute approximate surface area is 395 Å². The van der Waals surface area contributed by atoms with Crippen LogP contribution in [0.15, 0.2) is 173 Å². The molecule has 0 radical (unpaired) electrons. The van der Waals surface area contributed by atoms with Gasteiger partial charge in [0.05, 0.1) is 12.7 Å². The number of thioether (sulfide) groups is 2. The highest BCUT2D eigenvalue weighted by molar-refractivity contribution is 8.06. The predicted molar refractivity (Wildman–Crippen MR) is 259 cm³/mol. The van der Waals surface area contributed by atoms with Crippen LogP contribution in [-0.2, 0) is 39.0 Å². The van der Waals surface area contributed by atoms with Crippen molar-refractivity contribution in [3.05, 3.63) is 201 Å². The Morgan fingerprint density at radius 3 is 1.92 bits per heavy atom. The number of carbonyl (C=O) groups is 3. The zero-order chi connectivity index (χ0) is 45.7. The molecular formula is C51H47N5O7S3. The normalized spacial score (nSPS) is 19.2. The van der Waals surface area contributed by atoms with E-state index >= 15 is 0 Å². The number of hydrogen-bond donors (Lipinski definition) is 2. The van der Waals surface area contributed by atoms with E-state index in [0.717, 1.165) is 27.8 Å². The monoisotopic (exact) mass is 937 g/mol. The molecule has 66 heavy (non-hydrogen) atoms. The molecule has 6 aromatic rings. The molecule has 0 spiro atoms. The summed E-state index contributed by atoms with van der Waals surface area (Å²) in [5, 5.41) is 12.4. The van der Waals surface area contributed by atoms with E-state index in [2.05, 4.69) is 52.2 Å². The van der Waals surface area contributed by atoms with Gasteiger partial charge in [-0.2, -0.15) is 0 Å². The molecule has 3 atom stereocenters. The summed E-state index contributed by atoms with van der Waals surface area (Å²) in [5.74, 6) is -1.60. The SMILES string of the molecule is CO/N=C(\C(=O)NC1C(=O)N2C(C(=O)OC(c3ccccc3)c3ccccc3)=C(SCC3COC(C)(C)O3)CSC12)c1csc(NC(c2ccccc2)(c2ccccc2)c2ccccc2)n1. The van der Waals surface area contributed by atoms with Gasteiger partial charge in [0.15, 0.2) is 22.7 Å². The maximum atomic E-state index is 14.6. The van der Waals surface area contributed by atoms with Crippen molar-refractivity contribution < 1.29 is 33.4 Å². The Hall–Kier alpha value is -6.23. The highest BCUT2D eigenvalue weighted by Gasteiger charge is 2.55. The van der Waals surface area contributed by atoms with E-state index in [-0.39, 0.29) is 23.2 Å². The second-order valence-corrected chi connectivity index (χ2v) is 19.2. The molecule has 0 bridgehead atoms. The first-order valence-electron chi connectivity index (χ1n) is 21.4. The Morgan fingerprint density at radius 2 is 1.41 bits per heavy atom. The molecule has 0 aliphatic carbocycles. The molecule has 5 aromatic carbocycles. The molecule has 2 saturated heterocycles. The Balaban J connectivity index is 0.975. The summed E-state index contributed by atoms with van der Waals surface area (Å²) in [4.78, 5) is 55.4. The van der Waals surface area contributed by atoms with E-state index in [9.17, 15) is 14.4 Å². The van der Waals surface area contributed by atoms with Gasteiger partial charge in [0, 0.05) is 21.8 Å². The molecule has 9 rings (SSSR count). The van der Waals surface area contributed by atoms with Gasteiger partial charge >= 0.3 is 5.97 Å². The third-order valence-electron chi connectivity index (χ3n) is 11.4. The standard InChI is InChI=1S/C51H47N5O7S3/c1-50(2)61-29-38(63-50)30-64-40-32-65-47-42(46(58)56(47)43(40)48(59)62-44(33-19-9-4-10-20-33)34-21-11-5-12-22-34)53-45(57)41(55-60-3)39-31-66-49(52-39)54-51(35-23-13-6-14-24-35,36-25-15-7-16-26-36)37-27-17-8-18-28-37/h4-28,31,38,42,44,47H,29-30,32H2,1-3H3,(H,52,54)(H,53,57)/b55-41-. The fourth-order valence-electron chi connectivity index (χ4n) is 8.36. The lowest BCUT2D eigenvalue weighted by Crippen LogP contribution is -2.71. The molecule has 3 unspecified atom stereocenters. The van der Waals surface area contributed by atoms with Crippen molar-refractivity contribution in [1.82, 2.24) is 15.2 Å². The molecule has 15 heteroatoms. The van der Waals surface area contributed by atoms with Crippen molar-refractivity contribution in [2.45, 2.75) is 48.8 Å². The van der Waals surface area contributed by atoms with Gasteiger partial charge in [-0.3, -0.25) is 14.5 Å².